The van der Waals surface area contributed by atoms with Crippen LogP contribution in [0.2, 0.25) is 0 Å². The summed E-state index contributed by atoms with van der Waals surface area (Å²) in [5.41, 5.74) is 2.79. The van der Waals surface area contributed by atoms with E-state index in [2.05, 4.69) is 4.98 Å². The molecule has 3 rings (SSSR count). The van der Waals surface area contributed by atoms with Crippen LogP contribution in [0.15, 0.2) is 60.7 Å². The molecule has 17 heavy (non-hydrogen) atoms. The summed E-state index contributed by atoms with van der Waals surface area (Å²) >= 11 is 0. The van der Waals surface area contributed by atoms with Crippen LogP contribution >= 0.6 is 0 Å². The second kappa shape index (κ2) is 4.07. The van der Waals surface area contributed by atoms with Gasteiger partial charge in [-0.3, -0.25) is 0 Å². The van der Waals surface area contributed by atoms with Crippen LogP contribution in [0.25, 0.3) is 10.9 Å². The highest BCUT2D eigenvalue weighted by molar-refractivity contribution is 5.80. The number of aromatic nitrogens is 1. The maximum absolute atomic E-state index is 10.3. The zero-order valence-corrected chi connectivity index (χ0v) is 9.30. The SMILES string of the molecule is OC(c1ccccc1)c1cc2ccccc2[nH]1. The van der Waals surface area contributed by atoms with E-state index in [-0.39, 0.29) is 0 Å². The Kier molecular flexibility index (Phi) is 2.42. The number of nitrogens with one attached hydrogen (secondary N) is 1. The Labute approximate surface area is 99.5 Å². The summed E-state index contributed by atoms with van der Waals surface area (Å²) in [4.78, 5) is 3.24. The fourth-order valence-corrected chi connectivity index (χ4v) is 2.06. The van der Waals surface area contributed by atoms with E-state index in [1.54, 1.807) is 0 Å². The number of benzene rings is 2. The van der Waals surface area contributed by atoms with Gasteiger partial charge in [0.25, 0.3) is 0 Å². The molecule has 0 spiro atoms. The van der Waals surface area contributed by atoms with Crippen molar-refractivity contribution >= 4 is 10.9 Å². The second-order valence-electron chi connectivity index (χ2n) is 4.13. The maximum Gasteiger partial charge on any atom is 0.119 e. The molecule has 0 saturated carbocycles. The molecule has 0 aliphatic carbocycles. The highest BCUT2D eigenvalue weighted by atomic mass is 16.3. The molecule has 1 atom stereocenters. The highest BCUT2D eigenvalue weighted by Crippen LogP contribution is 2.24. The van der Waals surface area contributed by atoms with Gasteiger partial charge < -0.3 is 10.1 Å². The third kappa shape index (κ3) is 1.83. The number of aliphatic hydroxyl groups is 1. The summed E-state index contributed by atoms with van der Waals surface area (Å²) in [5.74, 6) is 0. The molecular weight excluding hydrogens is 210 g/mol. The molecule has 0 fully saturated rings. The first-order chi connectivity index (χ1) is 8.34. The smallest absolute Gasteiger partial charge is 0.119 e. The third-order valence-electron chi connectivity index (χ3n) is 2.96. The molecule has 1 unspecified atom stereocenters. The number of fused-ring (bicyclic) bond motifs is 1. The van der Waals surface area contributed by atoms with Crippen molar-refractivity contribution in [3.8, 4) is 0 Å². The predicted molar refractivity (Wildman–Crippen MR) is 68.8 cm³/mol. The molecule has 3 aromatic rings. The molecule has 0 saturated heterocycles. The number of H-pyrrole nitrogens is 1. The lowest BCUT2D eigenvalue weighted by Gasteiger charge is -2.08. The minimum Gasteiger partial charge on any atom is -0.382 e. The second-order valence-corrected chi connectivity index (χ2v) is 4.13. The van der Waals surface area contributed by atoms with Crippen LogP contribution in [0.1, 0.15) is 17.4 Å². The van der Waals surface area contributed by atoms with Crippen molar-refractivity contribution in [2.45, 2.75) is 6.10 Å². The fourth-order valence-electron chi connectivity index (χ4n) is 2.06. The Morgan fingerprint density at radius 3 is 2.35 bits per heavy atom. The molecule has 84 valence electrons. The largest absolute Gasteiger partial charge is 0.382 e. The van der Waals surface area contributed by atoms with Crippen LogP contribution < -0.4 is 0 Å². The Morgan fingerprint density at radius 1 is 0.882 bits per heavy atom. The van der Waals surface area contributed by atoms with Gasteiger partial charge in [0.15, 0.2) is 0 Å². The molecule has 0 bridgehead atoms. The van der Waals surface area contributed by atoms with Crippen molar-refractivity contribution in [3.05, 3.63) is 71.9 Å². The van der Waals surface area contributed by atoms with E-state index in [9.17, 15) is 5.11 Å². The van der Waals surface area contributed by atoms with Crippen molar-refractivity contribution in [3.63, 3.8) is 0 Å². The predicted octanol–water partition coefficient (Wildman–Crippen LogP) is 3.25. The van der Waals surface area contributed by atoms with E-state index in [1.807, 2.05) is 60.7 Å². The van der Waals surface area contributed by atoms with Crippen molar-refractivity contribution in [2.75, 3.05) is 0 Å². The zero-order chi connectivity index (χ0) is 11.7. The van der Waals surface area contributed by atoms with Crippen LogP contribution in [-0.4, -0.2) is 10.1 Å². The minimum absolute atomic E-state index is 0.594. The van der Waals surface area contributed by atoms with E-state index < -0.39 is 6.10 Å². The third-order valence-corrected chi connectivity index (χ3v) is 2.96. The Balaban J connectivity index is 2.04. The Hall–Kier alpha value is -2.06. The summed E-state index contributed by atoms with van der Waals surface area (Å²) in [6.07, 6.45) is -0.594. The zero-order valence-electron chi connectivity index (χ0n) is 9.30. The average Bonchev–Trinajstić information content (AvgIpc) is 2.82. The van der Waals surface area contributed by atoms with Gasteiger partial charge in [0.1, 0.15) is 6.10 Å². The van der Waals surface area contributed by atoms with Crippen molar-refractivity contribution in [1.82, 2.24) is 4.98 Å². The van der Waals surface area contributed by atoms with Gasteiger partial charge in [-0.15, -0.1) is 0 Å². The van der Waals surface area contributed by atoms with Crippen LogP contribution in [0, 0.1) is 0 Å². The van der Waals surface area contributed by atoms with Gasteiger partial charge in [-0.05, 0) is 23.1 Å². The Bertz CT molecular complexity index is 594. The molecule has 0 amide bonds. The summed E-state index contributed by atoms with van der Waals surface area (Å²) in [6.45, 7) is 0. The van der Waals surface area contributed by atoms with Crippen molar-refractivity contribution < 1.29 is 5.11 Å². The van der Waals surface area contributed by atoms with Gasteiger partial charge in [0.2, 0.25) is 0 Å². The standard InChI is InChI=1S/C15H13NO/c17-15(11-6-2-1-3-7-11)14-10-12-8-4-5-9-13(12)16-14/h1-10,15-17H. The summed E-state index contributed by atoms with van der Waals surface area (Å²) < 4.78 is 0. The van der Waals surface area contributed by atoms with Gasteiger partial charge in [-0.25, -0.2) is 0 Å². The van der Waals surface area contributed by atoms with E-state index >= 15 is 0 Å². The number of aromatic amines is 1. The summed E-state index contributed by atoms with van der Waals surface area (Å²) in [7, 11) is 0. The van der Waals surface area contributed by atoms with Crippen LogP contribution in [-0.2, 0) is 0 Å². The summed E-state index contributed by atoms with van der Waals surface area (Å²) in [6, 6.07) is 19.7. The molecule has 2 aromatic carbocycles. The molecule has 0 aliphatic heterocycles. The number of hydrogen-bond donors (Lipinski definition) is 2. The van der Waals surface area contributed by atoms with Crippen LogP contribution in [0.4, 0.5) is 0 Å². The molecular formula is C15H13NO. The first kappa shape index (κ1) is 10.1. The number of aliphatic hydroxyl groups excluding tert-OH is 1. The number of hydrogen-bond acceptors (Lipinski definition) is 1. The van der Waals surface area contributed by atoms with Crippen molar-refractivity contribution in [1.29, 1.82) is 0 Å². The lowest BCUT2D eigenvalue weighted by atomic mass is 10.1. The monoisotopic (exact) mass is 223 g/mol. The average molecular weight is 223 g/mol. The van der Waals surface area contributed by atoms with Gasteiger partial charge in [-0.1, -0.05) is 48.5 Å². The van der Waals surface area contributed by atoms with Crippen LogP contribution in [0.5, 0.6) is 0 Å². The molecule has 2 nitrogen and oxygen atoms in total. The first-order valence-electron chi connectivity index (χ1n) is 5.65. The summed E-state index contributed by atoms with van der Waals surface area (Å²) in [5, 5.41) is 11.4. The highest BCUT2D eigenvalue weighted by Gasteiger charge is 2.12. The lowest BCUT2D eigenvalue weighted by molar-refractivity contribution is 0.216. The number of para-hydroxylation sites is 1. The maximum atomic E-state index is 10.3. The van der Waals surface area contributed by atoms with Gasteiger partial charge in [0.05, 0.1) is 0 Å². The van der Waals surface area contributed by atoms with E-state index in [1.165, 1.54) is 0 Å². The lowest BCUT2D eigenvalue weighted by Crippen LogP contribution is -1.99. The molecule has 2 heteroatoms. The molecule has 1 heterocycles. The molecule has 0 radical (unpaired) electrons. The molecule has 1 aromatic heterocycles. The fraction of sp³-hybridized carbons (Fsp3) is 0.0667. The molecule has 0 aliphatic rings. The molecule has 2 N–H and O–H groups in total. The normalized spacial score (nSPS) is 12.8. The van der Waals surface area contributed by atoms with Crippen molar-refractivity contribution in [2.24, 2.45) is 0 Å². The van der Waals surface area contributed by atoms with Gasteiger partial charge >= 0.3 is 0 Å². The van der Waals surface area contributed by atoms with Crippen LogP contribution in [0.3, 0.4) is 0 Å². The number of rotatable bonds is 2. The van der Waals surface area contributed by atoms with E-state index in [0.717, 1.165) is 22.2 Å². The van der Waals surface area contributed by atoms with Gasteiger partial charge in [-0.2, -0.15) is 0 Å². The quantitative estimate of drug-likeness (QED) is 0.687. The van der Waals surface area contributed by atoms with E-state index in [4.69, 9.17) is 0 Å². The Morgan fingerprint density at radius 2 is 1.59 bits per heavy atom. The minimum atomic E-state index is -0.594. The van der Waals surface area contributed by atoms with E-state index in [0.29, 0.717) is 0 Å². The van der Waals surface area contributed by atoms with Gasteiger partial charge in [0, 0.05) is 11.2 Å². The first-order valence-corrected chi connectivity index (χ1v) is 5.65. The topological polar surface area (TPSA) is 36.0 Å².